The van der Waals surface area contributed by atoms with Crippen LogP contribution in [0.5, 0.6) is 0 Å². The van der Waals surface area contributed by atoms with E-state index in [2.05, 4.69) is 41.5 Å². The van der Waals surface area contributed by atoms with E-state index >= 15 is 0 Å². The van der Waals surface area contributed by atoms with Crippen molar-refractivity contribution in [3.8, 4) is 0 Å². The lowest BCUT2D eigenvalue weighted by molar-refractivity contribution is -0.130. The fourth-order valence-corrected chi connectivity index (χ4v) is 4.30. The Hall–Kier alpha value is -2.37. The van der Waals surface area contributed by atoms with Crippen molar-refractivity contribution in [1.82, 2.24) is 9.80 Å². The van der Waals surface area contributed by atoms with Crippen molar-refractivity contribution in [3.63, 3.8) is 0 Å². The van der Waals surface area contributed by atoms with Crippen molar-refractivity contribution in [2.45, 2.75) is 25.2 Å². The van der Waals surface area contributed by atoms with Gasteiger partial charge < -0.3 is 9.80 Å². The zero-order valence-electron chi connectivity index (χ0n) is 19.0. The number of rotatable bonds is 8. The SMILES string of the molecule is CCN(CCN(C)C)C(=O)CC1=C(C)/C(=C/c2ccc(SC)cc2)c2ccc(F)cc21. The molecule has 0 radical (unpaired) electrons. The molecule has 164 valence electrons. The number of carbonyl (C=O) groups excluding carboxylic acids is 1. The number of amides is 1. The number of hydrogen-bond acceptors (Lipinski definition) is 3. The molecule has 31 heavy (non-hydrogen) atoms. The normalized spacial score (nSPS) is 14.5. The van der Waals surface area contributed by atoms with Crippen molar-refractivity contribution >= 4 is 34.9 Å². The maximum atomic E-state index is 14.1. The van der Waals surface area contributed by atoms with Crippen LogP contribution in [0.3, 0.4) is 0 Å². The second-order valence-corrected chi connectivity index (χ2v) is 8.96. The molecule has 2 aromatic rings. The summed E-state index contributed by atoms with van der Waals surface area (Å²) in [6.07, 6.45) is 4.48. The third-order valence-electron chi connectivity index (χ3n) is 5.76. The number of carbonyl (C=O) groups is 1. The van der Waals surface area contributed by atoms with Gasteiger partial charge in [-0.05, 0) is 97.9 Å². The molecular formula is C26H31FN2OS. The van der Waals surface area contributed by atoms with Crippen LogP contribution in [0.15, 0.2) is 52.9 Å². The molecule has 0 unspecified atom stereocenters. The molecule has 5 heteroatoms. The number of hydrogen-bond donors (Lipinski definition) is 0. The molecule has 0 saturated heterocycles. The van der Waals surface area contributed by atoms with Gasteiger partial charge in [-0.3, -0.25) is 4.79 Å². The van der Waals surface area contributed by atoms with E-state index in [0.717, 1.165) is 40.0 Å². The topological polar surface area (TPSA) is 23.6 Å². The fraction of sp³-hybridized carbons (Fsp3) is 0.346. The predicted octanol–water partition coefficient (Wildman–Crippen LogP) is 5.68. The van der Waals surface area contributed by atoms with Crippen LogP contribution >= 0.6 is 11.8 Å². The van der Waals surface area contributed by atoms with Gasteiger partial charge in [-0.2, -0.15) is 0 Å². The number of benzene rings is 2. The monoisotopic (exact) mass is 438 g/mol. The highest BCUT2D eigenvalue weighted by Crippen LogP contribution is 2.44. The van der Waals surface area contributed by atoms with Crippen LogP contribution in [-0.4, -0.2) is 55.7 Å². The van der Waals surface area contributed by atoms with Gasteiger partial charge in [0.05, 0.1) is 6.42 Å². The van der Waals surface area contributed by atoms with Crippen molar-refractivity contribution in [3.05, 3.63) is 70.5 Å². The first kappa shape index (κ1) is 23.3. The van der Waals surface area contributed by atoms with Gasteiger partial charge >= 0.3 is 0 Å². The van der Waals surface area contributed by atoms with E-state index in [1.165, 1.54) is 11.0 Å². The summed E-state index contributed by atoms with van der Waals surface area (Å²) in [6, 6.07) is 13.3. The summed E-state index contributed by atoms with van der Waals surface area (Å²) in [5.41, 5.74) is 5.96. The molecule has 2 aromatic carbocycles. The Morgan fingerprint density at radius 2 is 1.77 bits per heavy atom. The first-order valence-corrected chi connectivity index (χ1v) is 11.8. The van der Waals surface area contributed by atoms with Crippen LogP contribution < -0.4 is 0 Å². The second kappa shape index (κ2) is 10.3. The molecule has 0 atom stereocenters. The smallest absolute Gasteiger partial charge is 0.227 e. The summed E-state index contributed by atoms with van der Waals surface area (Å²) in [4.78, 5) is 18.2. The van der Waals surface area contributed by atoms with Gasteiger partial charge in [0.15, 0.2) is 0 Å². The minimum atomic E-state index is -0.276. The summed E-state index contributed by atoms with van der Waals surface area (Å²) in [6.45, 7) is 6.22. The second-order valence-electron chi connectivity index (χ2n) is 8.08. The number of nitrogens with zero attached hydrogens (tertiary/aromatic N) is 2. The van der Waals surface area contributed by atoms with Crippen molar-refractivity contribution in [2.24, 2.45) is 0 Å². The molecule has 0 bridgehead atoms. The molecule has 0 aliphatic heterocycles. The van der Waals surface area contributed by atoms with E-state index < -0.39 is 0 Å². The highest BCUT2D eigenvalue weighted by atomic mass is 32.2. The van der Waals surface area contributed by atoms with Crippen LogP contribution in [0.1, 0.15) is 37.0 Å². The minimum Gasteiger partial charge on any atom is -0.341 e. The Balaban J connectivity index is 1.95. The molecular weight excluding hydrogens is 407 g/mol. The average molecular weight is 439 g/mol. The van der Waals surface area contributed by atoms with E-state index in [1.54, 1.807) is 17.8 Å². The predicted molar refractivity (Wildman–Crippen MR) is 131 cm³/mol. The molecule has 1 aliphatic rings. The first-order chi connectivity index (χ1) is 14.8. The summed E-state index contributed by atoms with van der Waals surface area (Å²) in [5, 5.41) is 0. The Morgan fingerprint density at radius 1 is 1.06 bits per heavy atom. The Bertz CT molecular complexity index is 1010. The van der Waals surface area contributed by atoms with Crippen LogP contribution in [0.25, 0.3) is 17.2 Å². The Labute approximate surface area is 189 Å². The number of fused-ring (bicyclic) bond motifs is 1. The molecule has 1 amide bonds. The van der Waals surface area contributed by atoms with Gasteiger partial charge in [0.1, 0.15) is 5.82 Å². The highest BCUT2D eigenvalue weighted by Gasteiger charge is 2.27. The maximum Gasteiger partial charge on any atom is 0.227 e. The molecule has 0 fully saturated rings. The molecule has 0 spiro atoms. The van der Waals surface area contributed by atoms with Gasteiger partial charge in [-0.1, -0.05) is 18.2 Å². The lowest BCUT2D eigenvalue weighted by atomic mass is 10.0. The summed E-state index contributed by atoms with van der Waals surface area (Å²) in [5.74, 6) is -0.193. The summed E-state index contributed by atoms with van der Waals surface area (Å²) < 4.78 is 14.1. The molecule has 0 N–H and O–H groups in total. The largest absolute Gasteiger partial charge is 0.341 e. The minimum absolute atomic E-state index is 0.0829. The Kier molecular flexibility index (Phi) is 7.74. The molecule has 3 nitrogen and oxygen atoms in total. The van der Waals surface area contributed by atoms with Gasteiger partial charge in [0.2, 0.25) is 5.91 Å². The van der Waals surface area contributed by atoms with Crippen LogP contribution in [0.4, 0.5) is 4.39 Å². The van der Waals surface area contributed by atoms with E-state index in [0.29, 0.717) is 13.1 Å². The van der Waals surface area contributed by atoms with Gasteiger partial charge in [-0.25, -0.2) is 4.39 Å². The van der Waals surface area contributed by atoms with E-state index in [1.807, 2.05) is 38.9 Å². The van der Waals surface area contributed by atoms with Gasteiger partial charge in [0.25, 0.3) is 0 Å². The van der Waals surface area contributed by atoms with Crippen molar-refractivity contribution < 1.29 is 9.18 Å². The summed E-state index contributed by atoms with van der Waals surface area (Å²) in [7, 11) is 4.01. The lowest BCUT2D eigenvalue weighted by Crippen LogP contribution is -2.36. The lowest BCUT2D eigenvalue weighted by Gasteiger charge is -2.23. The molecule has 1 aliphatic carbocycles. The number of thioether (sulfide) groups is 1. The zero-order chi connectivity index (χ0) is 22.5. The highest BCUT2D eigenvalue weighted by molar-refractivity contribution is 7.98. The zero-order valence-corrected chi connectivity index (χ0v) is 19.9. The van der Waals surface area contributed by atoms with E-state index in [9.17, 15) is 9.18 Å². The average Bonchev–Trinajstić information content (AvgIpc) is 2.99. The van der Waals surface area contributed by atoms with Gasteiger partial charge in [0, 0.05) is 24.5 Å². The third-order valence-corrected chi connectivity index (χ3v) is 6.50. The molecule has 3 rings (SSSR count). The third kappa shape index (κ3) is 5.46. The van der Waals surface area contributed by atoms with Gasteiger partial charge in [-0.15, -0.1) is 11.8 Å². The quantitative estimate of drug-likeness (QED) is 0.496. The number of likely N-dealkylation sites (N-methyl/N-ethyl adjacent to an activating group) is 2. The van der Waals surface area contributed by atoms with Crippen LogP contribution in [0.2, 0.25) is 0 Å². The number of allylic oxidation sites excluding steroid dienone is 2. The van der Waals surface area contributed by atoms with Crippen LogP contribution in [0, 0.1) is 5.82 Å². The van der Waals surface area contributed by atoms with Crippen molar-refractivity contribution in [1.29, 1.82) is 0 Å². The Morgan fingerprint density at radius 3 is 2.39 bits per heavy atom. The standard InChI is InChI=1S/C26H31FN2OS/c1-6-29(14-13-28(3)4)26(30)17-24-18(2)23(22-12-9-20(27)16-25(22)24)15-19-7-10-21(31-5)11-8-19/h7-12,15-16H,6,13-14,17H2,1-5H3/b23-15-. The van der Waals surface area contributed by atoms with E-state index in [-0.39, 0.29) is 18.1 Å². The van der Waals surface area contributed by atoms with Crippen LogP contribution in [-0.2, 0) is 4.79 Å². The molecule has 0 heterocycles. The summed E-state index contributed by atoms with van der Waals surface area (Å²) >= 11 is 1.71. The molecule has 0 aromatic heterocycles. The first-order valence-electron chi connectivity index (χ1n) is 10.6. The maximum absolute atomic E-state index is 14.1. The van der Waals surface area contributed by atoms with Crippen molar-refractivity contribution in [2.75, 3.05) is 40.0 Å². The molecule has 0 saturated carbocycles. The number of halogens is 1. The fourth-order valence-electron chi connectivity index (χ4n) is 3.89. The van der Waals surface area contributed by atoms with E-state index in [4.69, 9.17) is 0 Å².